The Kier molecular flexibility index (Phi) is 5.63. The molecule has 0 aromatic heterocycles. The third kappa shape index (κ3) is 4.11. The second kappa shape index (κ2) is 8.68. The van der Waals surface area contributed by atoms with Crippen LogP contribution in [-0.4, -0.2) is 11.1 Å². The van der Waals surface area contributed by atoms with Crippen LogP contribution >= 0.6 is 0 Å². The zero-order valence-corrected chi connectivity index (χ0v) is 16.6. The van der Waals surface area contributed by atoms with Crippen LogP contribution in [0.3, 0.4) is 0 Å². The molecule has 0 fully saturated rings. The van der Waals surface area contributed by atoms with Gasteiger partial charge in [0, 0.05) is 6.08 Å². The molecule has 0 saturated carbocycles. The lowest BCUT2D eigenvalue weighted by Gasteiger charge is -2.17. The summed E-state index contributed by atoms with van der Waals surface area (Å²) in [4.78, 5) is 10.8. The first-order chi connectivity index (χ1) is 14.7. The SMILES string of the molecule is CCC(=C(c1ccc(C=CC(=O)O)cc1)c1ccc2c(c1)NNN2)c1ccccc1. The number of allylic oxidation sites excluding steroid dienone is 1. The molecule has 0 bridgehead atoms. The summed E-state index contributed by atoms with van der Waals surface area (Å²) in [5.74, 6) is -0.954. The summed E-state index contributed by atoms with van der Waals surface area (Å²) in [5.41, 5.74) is 17.8. The van der Waals surface area contributed by atoms with E-state index < -0.39 is 5.97 Å². The number of hydrogen-bond acceptors (Lipinski definition) is 4. The normalized spacial score (nSPS) is 13.4. The molecule has 3 aromatic rings. The predicted octanol–water partition coefficient (Wildman–Crippen LogP) is 5.41. The van der Waals surface area contributed by atoms with E-state index in [9.17, 15) is 4.79 Å². The van der Waals surface area contributed by atoms with Crippen LogP contribution < -0.4 is 16.4 Å². The van der Waals surface area contributed by atoms with E-state index in [1.54, 1.807) is 6.08 Å². The number of anilines is 2. The molecule has 1 heterocycles. The lowest BCUT2D eigenvalue weighted by molar-refractivity contribution is -0.131. The lowest BCUT2D eigenvalue weighted by Crippen LogP contribution is -2.19. The van der Waals surface area contributed by atoms with Gasteiger partial charge in [-0.1, -0.05) is 67.6 Å². The summed E-state index contributed by atoms with van der Waals surface area (Å²) >= 11 is 0. The predicted molar refractivity (Wildman–Crippen MR) is 123 cm³/mol. The summed E-state index contributed by atoms with van der Waals surface area (Å²) in [6.07, 6.45) is 3.63. The Balaban J connectivity index is 1.86. The zero-order valence-electron chi connectivity index (χ0n) is 16.6. The van der Waals surface area contributed by atoms with Crippen LogP contribution in [0.5, 0.6) is 0 Å². The largest absolute Gasteiger partial charge is 0.478 e. The Morgan fingerprint density at radius 2 is 1.57 bits per heavy atom. The summed E-state index contributed by atoms with van der Waals surface area (Å²) in [6, 6.07) is 24.7. The van der Waals surface area contributed by atoms with E-state index in [1.165, 1.54) is 11.1 Å². The minimum absolute atomic E-state index is 0.849. The first-order valence-electron chi connectivity index (χ1n) is 9.87. The van der Waals surface area contributed by atoms with Crippen LogP contribution in [-0.2, 0) is 4.79 Å². The molecular weight excluding hydrogens is 374 g/mol. The molecule has 0 radical (unpaired) electrons. The van der Waals surface area contributed by atoms with Gasteiger partial charge in [0.25, 0.3) is 0 Å². The molecule has 4 rings (SSSR count). The fraction of sp³-hybridized carbons (Fsp3) is 0.0800. The fourth-order valence-corrected chi connectivity index (χ4v) is 3.69. The van der Waals surface area contributed by atoms with Crippen molar-refractivity contribution in [2.75, 3.05) is 10.9 Å². The number of hydrogen-bond donors (Lipinski definition) is 4. The summed E-state index contributed by atoms with van der Waals surface area (Å²) in [6.45, 7) is 2.17. The highest BCUT2D eigenvalue weighted by Gasteiger charge is 2.16. The third-order valence-electron chi connectivity index (χ3n) is 5.10. The average molecular weight is 397 g/mol. The summed E-state index contributed by atoms with van der Waals surface area (Å²) in [5, 5.41) is 8.86. The maximum atomic E-state index is 10.8. The van der Waals surface area contributed by atoms with Gasteiger partial charge in [-0.15, -0.1) is 5.53 Å². The van der Waals surface area contributed by atoms with Crippen molar-refractivity contribution in [1.82, 2.24) is 5.53 Å². The fourth-order valence-electron chi connectivity index (χ4n) is 3.69. The van der Waals surface area contributed by atoms with Crippen LogP contribution in [0.15, 0.2) is 78.9 Å². The van der Waals surface area contributed by atoms with Gasteiger partial charge in [-0.25, -0.2) is 4.79 Å². The highest BCUT2D eigenvalue weighted by molar-refractivity contribution is 5.99. The number of fused-ring (bicyclic) bond motifs is 1. The van der Waals surface area contributed by atoms with E-state index in [4.69, 9.17) is 5.11 Å². The minimum Gasteiger partial charge on any atom is -0.478 e. The standard InChI is InChI=1S/C25H23N3O2/c1-2-21(18-6-4-3-5-7-18)25(20-13-14-22-23(16-20)27-28-26-22)19-11-8-17(9-12-19)10-15-24(29)30/h3-16,26-28H,2H2,1H3,(H,29,30). The second-order valence-electron chi connectivity index (χ2n) is 7.00. The molecule has 0 aliphatic carbocycles. The average Bonchev–Trinajstić information content (AvgIpc) is 3.25. The minimum atomic E-state index is -0.954. The van der Waals surface area contributed by atoms with Gasteiger partial charge in [0.15, 0.2) is 0 Å². The monoisotopic (exact) mass is 397 g/mol. The Bertz CT molecular complexity index is 1120. The number of rotatable bonds is 6. The van der Waals surface area contributed by atoms with Crippen molar-refractivity contribution >= 4 is 34.6 Å². The molecule has 5 heteroatoms. The van der Waals surface area contributed by atoms with Crippen LogP contribution in [0.4, 0.5) is 11.4 Å². The van der Waals surface area contributed by atoms with E-state index in [0.717, 1.165) is 46.1 Å². The molecule has 0 saturated heterocycles. The van der Waals surface area contributed by atoms with E-state index in [2.05, 4.69) is 65.8 Å². The number of benzene rings is 3. The molecule has 3 aromatic carbocycles. The Morgan fingerprint density at radius 1 is 0.867 bits per heavy atom. The maximum absolute atomic E-state index is 10.8. The number of nitrogens with one attached hydrogen (secondary N) is 3. The van der Waals surface area contributed by atoms with E-state index in [0.29, 0.717) is 0 Å². The number of hydrazine groups is 2. The third-order valence-corrected chi connectivity index (χ3v) is 5.10. The number of carboxylic acid groups (broad SMARTS) is 1. The molecule has 0 spiro atoms. The molecule has 0 atom stereocenters. The van der Waals surface area contributed by atoms with Gasteiger partial charge in [0.05, 0.1) is 11.4 Å². The van der Waals surface area contributed by atoms with E-state index in [-0.39, 0.29) is 0 Å². The van der Waals surface area contributed by atoms with Gasteiger partial charge in [-0.3, -0.25) is 0 Å². The second-order valence-corrected chi connectivity index (χ2v) is 7.00. The highest BCUT2D eigenvalue weighted by atomic mass is 16.4. The molecule has 5 nitrogen and oxygen atoms in total. The van der Waals surface area contributed by atoms with Gasteiger partial charge >= 0.3 is 5.97 Å². The summed E-state index contributed by atoms with van der Waals surface area (Å²) < 4.78 is 0. The molecule has 0 unspecified atom stereocenters. The van der Waals surface area contributed by atoms with Gasteiger partial charge < -0.3 is 16.0 Å². The van der Waals surface area contributed by atoms with Crippen molar-refractivity contribution in [3.8, 4) is 0 Å². The highest BCUT2D eigenvalue weighted by Crippen LogP contribution is 2.37. The van der Waals surface area contributed by atoms with Crippen molar-refractivity contribution in [3.63, 3.8) is 0 Å². The smallest absolute Gasteiger partial charge is 0.328 e. The van der Waals surface area contributed by atoms with Gasteiger partial charge in [0.2, 0.25) is 0 Å². The quantitative estimate of drug-likeness (QED) is 0.331. The molecule has 150 valence electrons. The first-order valence-corrected chi connectivity index (χ1v) is 9.87. The Hall–Kier alpha value is -3.83. The van der Waals surface area contributed by atoms with Crippen molar-refractivity contribution in [2.45, 2.75) is 13.3 Å². The topological polar surface area (TPSA) is 73.4 Å². The molecule has 1 aliphatic heterocycles. The van der Waals surface area contributed by atoms with Gasteiger partial charge in [-0.2, -0.15) is 0 Å². The molecular formula is C25H23N3O2. The lowest BCUT2D eigenvalue weighted by atomic mass is 9.87. The zero-order chi connectivity index (χ0) is 20.9. The molecule has 0 amide bonds. The molecule has 4 N–H and O–H groups in total. The van der Waals surface area contributed by atoms with E-state index in [1.807, 2.05) is 30.3 Å². The van der Waals surface area contributed by atoms with Gasteiger partial charge in [-0.05, 0) is 58.0 Å². The first kappa shape index (κ1) is 19.5. The number of carboxylic acids is 1. The van der Waals surface area contributed by atoms with Crippen molar-refractivity contribution < 1.29 is 9.90 Å². The summed E-state index contributed by atoms with van der Waals surface area (Å²) in [7, 11) is 0. The molecule has 1 aliphatic rings. The van der Waals surface area contributed by atoms with Crippen molar-refractivity contribution in [1.29, 1.82) is 0 Å². The van der Waals surface area contributed by atoms with Crippen LogP contribution in [0.1, 0.15) is 35.6 Å². The van der Waals surface area contributed by atoms with Crippen LogP contribution in [0.25, 0.3) is 17.2 Å². The van der Waals surface area contributed by atoms with E-state index >= 15 is 0 Å². The van der Waals surface area contributed by atoms with Crippen LogP contribution in [0, 0.1) is 0 Å². The van der Waals surface area contributed by atoms with Crippen LogP contribution in [0.2, 0.25) is 0 Å². The van der Waals surface area contributed by atoms with Crippen molar-refractivity contribution in [3.05, 3.63) is 101 Å². The number of carbonyl (C=O) groups is 1. The van der Waals surface area contributed by atoms with Gasteiger partial charge in [0.1, 0.15) is 0 Å². The van der Waals surface area contributed by atoms with Crippen molar-refractivity contribution in [2.24, 2.45) is 0 Å². The Morgan fingerprint density at radius 3 is 2.27 bits per heavy atom. The molecule has 30 heavy (non-hydrogen) atoms. The maximum Gasteiger partial charge on any atom is 0.328 e. The Labute approximate surface area is 175 Å². The number of aliphatic carboxylic acids is 1.